The van der Waals surface area contributed by atoms with Crippen molar-refractivity contribution in [3.8, 4) is 28.7 Å². The molecule has 0 bridgehead atoms. The molecule has 0 aromatic heterocycles. The molecule has 0 heterocycles. The van der Waals surface area contributed by atoms with Gasteiger partial charge in [0, 0.05) is 6.07 Å². The zero-order chi connectivity index (χ0) is 29.8. The van der Waals surface area contributed by atoms with E-state index in [1.165, 1.54) is 30.3 Å². The predicted octanol–water partition coefficient (Wildman–Crippen LogP) is 7.01. The van der Waals surface area contributed by atoms with Crippen molar-refractivity contribution in [3.05, 3.63) is 90.0 Å². The number of rotatable bonds is 14. The van der Waals surface area contributed by atoms with Gasteiger partial charge in [-0.25, -0.2) is 18.8 Å². The van der Waals surface area contributed by atoms with Crippen molar-refractivity contribution in [3.63, 3.8) is 0 Å². The zero-order valence-electron chi connectivity index (χ0n) is 22.7. The highest BCUT2D eigenvalue weighted by Gasteiger charge is 2.19. The first-order valence-electron chi connectivity index (χ1n) is 13.0. The fourth-order valence-corrected chi connectivity index (χ4v) is 3.29. The van der Waals surface area contributed by atoms with Crippen LogP contribution in [-0.2, 0) is 4.79 Å². The third kappa shape index (κ3) is 9.16. The molecule has 3 aromatic rings. The number of benzene rings is 3. The maximum atomic E-state index is 14.7. The standard InChI is InChI=1S/C31H30F2O8/c1-4-6-16-37-23-11-8-21(9-12-23)30(35)40-26-14-10-22(18-25(26)33)31(36)39-24-13-15-27(38-17-7-5-2)28(19-24)41-29(34)20(3)32/h8-15,18-19H,3-7,16-17H2,1-2H3. The molecule has 8 nitrogen and oxygen atoms in total. The fourth-order valence-electron chi connectivity index (χ4n) is 3.29. The van der Waals surface area contributed by atoms with Gasteiger partial charge in [0.25, 0.3) is 0 Å². The summed E-state index contributed by atoms with van der Waals surface area (Å²) in [5.74, 6) is -5.30. The number of esters is 3. The minimum Gasteiger partial charge on any atom is -0.494 e. The second-order valence-corrected chi connectivity index (χ2v) is 8.76. The number of hydrogen-bond donors (Lipinski definition) is 0. The molecule has 0 atom stereocenters. The first kappa shape index (κ1) is 30.8. The van der Waals surface area contributed by atoms with Gasteiger partial charge >= 0.3 is 17.9 Å². The van der Waals surface area contributed by atoms with Gasteiger partial charge in [-0.3, -0.25) is 0 Å². The van der Waals surface area contributed by atoms with Crippen molar-refractivity contribution < 1.29 is 46.8 Å². The summed E-state index contributed by atoms with van der Waals surface area (Å²) in [5.41, 5.74) is 0.000483. The maximum absolute atomic E-state index is 14.7. The van der Waals surface area contributed by atoms with Crippen LogP contribution in [0.4, 0.5) is 8.78 Å². The van der Waals surface area contributed by atoms with Crippen LogP contribution in [0.3, 0.4) is 0 Å². The maximum Gasteiger partial charge on any atom is 0.372 e. The Bertz CT molecular complexity index is 1390. The molecular weight excluding hydrogens is 538 g/mol. The van der Waals surface area contributed by atoms with E-state index in [0.29, 0.717) is 19.0 Å². The van der Waals surface area contributed by atoms with Gasteiger partial charge in [-0.15, -0.1) is 0 Å². The van der Waals surface area contributed by atoms with Crippen molar-refractivity contribution in [1.29, 1.82) is 0 Å². The largest absolute Gasteiger partial charge is 0.494 e. The van der Waals surface area contributed by atoms with E-state index in [1.807, 2.05) is 13.8 Å². The minimum atomic E-state index is -1.34. The Labute approximate surface area is 236 Å². The Morgan fingerprint density at radius 1 is 0.683 bits per heavy atom. The molecule has 216 valence electrons. The summed E-state index contributed by atoms with van der Waals surface area (Å²) >= 11 is 0. The number of carbonyl (C=O) groups excluding carboxylic acids is 3. The van der Waals surface area contributed by atoms with Crippen LogP contribution in [0.2, 0.25) is 0 Å². The van der Waals surface area contributed by atoms with Gasteiger partial charge in [0.2, 0.25) is 5.83 Å². The Morgan fingerprint density at radius 2 is 1.27 bits per heavy atom. The van der Waals surface area contributed by atoms with E-state index in [2.05, 4.69) is 6.58 Å². The lowest BCUT2D eigenvalue weighted by molar-refractivity contribution is -0.131. The molecule has 0 aliphatic rings. The SMILES string of the molecule is C=C(F)C(=O)Oc1cc(OC(=O)c2ccc(OC(=O)c3ccc(OCCCC)cc3)c(F)c2)ccc1OCCCC. The molecule has 10 heteroatoms. The molecule has 3 rings (SSSR count). The number of unbranched alkanes of at least 4 members (excludes halogenated alkanes) is 2. The van der Waals surface area contributed by atoms with E-state index in [1.54, 1.807) is 12.1 Å². The Kier molecular flexibility index (Phi) is 11.4. The van der Waals surface area contributed by atoms with Crippen LogP contribution in [0.1, 0.15) is 60.2 Å². The number of hydrogen-bond acceptors (Lipinski definition) is 8. The van der Waals surface area contributed by atoms with E-state index in [0.717, 1.165) is 43.9 Å². The zero-order valence-corrected chi connectivity index (χ0v) is 22.7. The van der Waals surface area contributed by atoms with E-state index in [9.17, 15) is 23.2 Å². The van der Waals surface area contributed by atoms with Gasteiger partial charge in [0.15, 0.2) is 23.1 Å². The minimum absolute atomic E-state index is 0.0804. The van der Waals surface area contributed by atoms with E-state index in [-0.39, 0.29) is 34.1 Å². The topological polar surface area (TPSA) is 97.4 Å². The van der Waals surface area contributed by atoms with Crippen molar-refractivity contribution >= 4 is 17.9 Å². The summed E-state index contributed by atoms with van der Waals surface area (Å²) in [6.45, 7) is 7.77. The summed E-state index contributed by atoms with van der Waals surface area (Å²) < 4.78 is 54.4. The summed E-state index contributed by atoms with van der Waals surface area (Å²) in [7, 11) is 0. The van der Waals surface area contributed by atoms with E-state index >= 15 is 0 Å². The Hall–Kier alpha value is -4.73. The lowest BCUT2D eigenvalue weighted by Gasteiger charge is -2.13. The molecule has 0 aliphatic carbocycles. The summed E-state index contributed by atoms with van der Waals surface area (Å²) in [6, 6.07) is 13.3. The molecule has 0 N–H and O–H groups in total. The van der Waals surface area contributed by atoms with Gasteiger partial charge in [-0.05, 0) is 67.4 Å². The van der Waals surface area contributed by atoms with Crippen LogP contribution in [0, 0.1) is 5.82 Å². The monoisotopic (exact) mass is 568 g/mol. The molecule has 41 heavy (non-hydrogen) atoms. The van der Waals surface area contributed by atoms with E-state index < -0.39 is 29.6 Å². The van der Waals surface area contributed by atoms with Crippen LogP contribution >= 0.6 is 0 Å². The second kappa shape index (κ2) is 15.2. The average Bonchev–Trinajstić information content (AvgIpc) is 2.95. The molecule has 0 unspecified atom stereocenters. The van der Waals surface area contributed by atoms with Crippen molar-refractivity contribution in [2.24, 2.45) is 0 Å². The molecule has 0 aliphatic heterocycles. The lowest BCUT2D eigenvalue weighted by Crippen LogP contribution is -2.12. The quantitative estimate of drug-likeness (QED) is 0.0887. The Balaban J connectivity index is 1.67. The highest BCUT2D eigenvalue weighted by atomic mass is 19.1. The molecule has 0 saturated carbocycles. The van der Waals surface area contributed by atoms with Crippen LogP contribution in [0.15, 0.2) is 73.1 Å². The van der Waals surface area contributed by atoms with Gasteiger partial charge in [0.1, 0.15) is 11.5 Å². The number of halogens is 2. The van der Waals surface area contributed by atoms with Gasteiger partial charge < -0.3 is 23.7 Å². The third-order valence-corrected chi connectivity index (χ3v) is 5.53. The van der Waals surface area contributed by atoms with E-state index in [4.69, 9.17) is 23.7 Å². The molecule has 3 aromatic carbocycles. The molecule has 0 spiro atoms. The van der Waals surface area contributed by atoms with Crippen LogP contribution in [-0.4, -0.2) is 31.1 Å². The molecular formula is C31H30F2O8. The lowest BCUT2D eigenvalue weighted by atomic mass is 10.2. The van der Waals surface area contributed by atoms with Crippen LogP contribution in [0.5, 0.6) is 28.7 Å². The van der Waals surface area contributed by atoms with Crippen molar-refractivity contribution in [2.45, 2.75) is 39.5 Å². The molecule has 0 saturated heterocycles. The van der Waals surface area contributed by atoms with Crippen molar-refractivity contribution in [1.82, 2.24) is 0 Å². The predicted molar refractivity (Wildman–Crippen MR) is 146 cm³/mol. The highest BCUT2D eigenvalue weighted by Crippen LogP contribution is 2.33. The van der Waals surface area contributed by atoms with Crippen molar-refractivity contribution in [2.75, 3.05) is 13.2 Å². The first-order chi connectivity index (χ1) is 19.7. The van der Waals surface area contributed by atoms with Gasteiger partial charge in [0.05, 0.1) is 24.3 Å². The molecule has 0 radical (unpaired) electrons. The van der Waals surface area contributed by atoms with Gasteiger partial charge in [-0.2, -0.15) is 4.39 Å². The fraction of sp³-hybridized carbons (Fsp3) is 0.258. The number of ether oxygens (including phenoxy) is 5. The second-order valence-electron chi connectivity index (χ2n) is 8.76. The highest BCUT2D eigenvalue weighted by molar-refractivity contribution is 5.93. The Morgan fingerprint density at radius 3 is 1.90 bits per heavy atom. The summed E-state index contributed by atoms with van der Waals surface area (Å²) in [5, 5.41) is 0. The summed E-state index contributed by atoms with van der Waals surface area (Å²) in [4.78, 5) is 36.8. The van der Waals surface area contributed by atoms with Crippen LogP contribution < -0.4 is 23.7 Å². The third-order valence-electron chi connectivity index (χ3n) is 5.53. The first-order valence-corrected chi connectivity index (χ1v) is 13.0. The summed E-state index contributed by atoms with van der Waals surface area (Å²) in [6.07, 6.45) is 3.46. The average molecular weight is 569 g/mol. The number of carbonyl (C=O) groups is 3. The van der Waals surface area contributed by atoms with Gasteiger partial charge in [-0.1, -0.05) is 33.3 Å². The normalized spacial score (nSPS) is 10.4. The van der Waals surface area contributed by atoms with Crippen LogP contribution in [0.25, 0.3) is 0 Å². The smallest absolute Gasteiger partial charge is 0.372 e. The molecule has 0 amide bonds. The molecule has 0 fully saturated rings.